The normalized spacial score (nSPS) is 10.7. The molecule has 0 amide bonds. The molecule has 0 N–H and O–H groups in total. The third-order valence-corrected chi connectivity index (χ3v) is 6.03. The fourth-order valence-electron chi connectivity index (χ4n) is 3.55. The molecule has 0 fully saturated rings. The maximum atomic E-state index is 5.31. The summed E-state index contributed by atoms with van der Waals surface area (Å²) in [5.74, 6) is 0.727. The maximum absolute atomic E-state index is 5.31. The third-order valence-electron chi connectivity index (χ3n) is 5.08. The predicted octanol–water partition coefficient (Wildman–Crippen LogP) is 7.24. The Labute approximate surface area is 197 Å². The largest absolute Gasteiger partial charge is 0.441 e. The van der Waals surface area contributed by atoms with Crippen LogP contribution in [-0.2, 0) is 7.05 Å². The van der Waals surface area contributed by atoms with E-state index >= 15 is 0 Å². The predicted molar refractivity (Wildman–Crippen MR) is 138 cm³/mol. The van der Waals surface area contributed by atoms with Crippen LogP contribution in [0.3, 0.4) is 0 Å². The van der Waals surface area contributed by atoms with Crippen molar-refractivity contribution >= 4 is 43.6 Å². The van der Waals surface area contributed by atoms with Crippen molar-refractivity contribution in [2.75, 3.05) is 0 Å². The Bertz CT molecular complexity index is 1360. The molecule has 0 radical (unpaired) electrons. The Kier molecular flexibility index (Phi) is 6.56. The van der Waals surface area contributed by atoms with Crippen molar-refractivity contribution < 1.29 is 4.42 Å². The van der Waals surface area contributed by atoms with Gasteiger partial charge in [-0.15, -0.1) is 11.3 Å². The molecular weight excluding hydrogens is 428 g/mol. The topological polar surface area (TPSA) is 56.7 Å². The van der Waals surface area contributed by atoms with Gasteiger partial charge in [0.15, 0.2) is 11.5 Å². The van der Waals surface area contributed by atoms with E-state index in [2.05, 4.69) is 65.3 Å². The number of thiazole rings is 1. The quantitative estimate of drug-likeness (QED) is 0.242. The highest BCUT2D eigenvalue weighted by molar-refractivity contribution is 7.18. The molecule has 0 atom stereocenters. The minimum absolute atomic E-state index is 0.727. The van der Waals surface area contributed by atoms with Gasteiger partial charge in [-0.2, -0.15) is 5.10 Å². The molecule has 33 heavy (non-hydrogen) atoms. The first-order valence-corrected chi connectivity index (χ1v) is 11.7. The van der Waals surface area contributed by atoms with E-state index < -0.39 is 0 Å². The van der Waals surface area contributed by atoms with Gasteiger partial charge in [0.25, 0.3) is 0 Å². The van der Waals surface area contributed by atoms with Gasteiger partial charge >= 0.3 is 0 Å². The van der Waals surface area contributed by atoms with Gasteiger partial charge in [0.2, 0.25) is 0 Å². The van der Waals surface area contributed by atoms with Crippen molar-refractivity contribution in [2.45, 2.75) is 34.6 Å². The number of nitrogens with zero attached hydrogens (tertiary/aromatic N) is 4. The first-order chi connectivity index (χ1) is 15.8. The van der Waals surface area contributed by atoms with E-state index in [9.17, 15) is 0 Å². The van der Waals surface area contributed by atoms with Crippen molar-refractivity contribution in [3.63, 3.8) is 0 Å². The van der Waals surface area contributed by atoms with E-state index in [0.29, 0.717) is 0 Å². The van der Waals surface area contributed by atoms with E-state index in [4.69, 9.17) is 4.42 Å². The molecule has 3 aromatic heterocycles. The van der Waals surface area contributed by atoms with Crippen LogP contribution in [0.4, 0.5) is 0 Å². The van der Waals surface area contributed by atoms with Crippen LogP contribution in [-0.4, -0.2) is 19.7 Å². The van der Waals surface area contributed by atoms with Crippen molar-refractivity contribution in [3.8, 4) is 0 Å². The fourth-order valence-corrected chi connectivity index (χ4v) is 4.36. The van der Waals surface area contributed by atoms with Crippen LogP contribution in [0.25, 0.3) is 32.2 Å². The average Bonchev–Trinajstić information content (AvgIpc) is 3.41. The number of fused-ring (bicyclic) bond motifs is 3. The number of hydrogen-bond donors (Lipinski definition) is 0. The number of aromatic nitrogens is 4. The molecule has 3 heterocycles. The molecule has 0 saturated heterocycles. The maximum Gasteiger partial charge on any atom is 0.192 e. The van der Waals surface area contributed by atoms with E-state index in [1.807, 2.05) is 56.9 Å². The Morgan fingerprint density at radius 3 is 2.12 bits per heavy atom. The highest BCUT2D eigenvalue weighted by Gasteiger charge is 2.00. The zero-order valence-electron chi connectivity index (χ0n) is 19.9. The lowest BCUT2D eigenvalue weighted by Crippen LogP contribution is -1.84. The lowest BCUT2D eigenvalue weighted by Gasteiger charge is -1.88. The van der Waals surface area contributed by atoms with E-state index in [1.54, 1.807) is 11.3 Å². The Balaban J connectivity index is 0.000000118. The molecule has 5 nitrogen and oxygen atoms in total. The summed E-state index contributed by atoms with van der Waals surface area (Å²) >= 11 is 1.75. The lowest BCUT2D eigenvalue weighted by atomic mass is 10.2. The lowest BCUT2D eigenvalue weighted by molar-refractivity contribution is 0.561. The van der Waals surface area contributed by atoms with Gasteiger partial charge in [0, 0.05) is 25.6 Å². The average molecular weight is 457 g/mol. The molecule has 0 aliphatic carbocycles. The highest BCUT2D eigenvalue weighted by Crippen LogP contribution is 2.21. The molecule has 0 aliphatic heterocycles. The monoisotopic (exact) mass is 456 g/mol. The number of oxazole rings is 1. The van der Waals surface area contributed by atoms with Crippen LogP contribution in [0.2, 0.25) is 0 Å². The van der Waals surface area contributed by atoms with Gasteiger partial charge in [-0.25, -0.2) is 9.97 Å². The summed E-state index contributed by atoms with van der Waals surface area (Å²) < 4.78 is 8.43. The van der Waals surface area contributed by atoms with E-state index in [-0.39, 0.29) is 0 Å². The summed E-state index contributed by atoms with van der Waals surface area (Å²) in [5, 5.41) is 6.64. The van der Waals surface area contributed by atoms with Gasteiger partial charge in [-0.1, -0.05) is 24.3 Å². The molecule has 0 aliphatic rings. The second-order valence-corrected chi connectivity index (χ2v) is 9.51. The zero-order valence-corrected chi connectivity index (χ0v) is 20.7. The van der Waals surface area contributed by atoms with Crippen LogP contribution in [0.5, 0.6) is 0 Å². The van der Waals surface area contributed by atoms with E-state index in [0.717, 1.165) is 33.0 Å². The summed E-state index contributed by atoms with van der Waals surface area (Å²) in [7, 11) is 1.94. The SMILES string of the molecule is Cc1ccc2cn(C)nc2c1.Cc1ccc2oc(C)nc2c1.Cc1ccc2sc(C)nc2c1. The van der Waals surface area contributed by atoms with E-state index in [1.165, 1.54) is 26.8 Å². The summed E-state index contributed by atoms with van der Waals surface area (Å²) in [6.45, 7) is 10.1. The minimum atomic E-state index is 0.727. The molecule has 6 rings (SSSR count). The Morgan fingerprint density at radius 1 is 0.727 bits per heavy atom. The number of aryl methyl sites for hydroxylation is 6. The molecule has 0 spiro atoms. The summed E-state index contributed by atoms with van der Waals surface area (Å²) in [6.07, 6.45) is 2.02. The summed E-state index contributed by atoms with van der Waals surface area (Å²) in [5.41, 5.74) is 7.78. The Morgan fingerprint density at radius 2 is 1.36 bits per heavy atom. The molecule has 0 unspecified atom stereocenters. The molecule has 3 aromatic carbocycles. The van der Waals surface area contributed by atoms with Crippen LogP contribution >= 0.6 is 11.3 Å². The van der Waals surface area contributed by atoms with Crippen molar-refractivity contribution in [3.05, 3.63) is 88.4 Å². The minimum Gasteiger partial charge on any atom is -0.441 e. The van der Waals surface area contributed by atoms with Crippen LogP contribution < -0.4 is 0 Å². The van der Waals surface area contributed by atoms with Gasteiger partial charge < -0.3 is 4.42 Å². The van der Waals surface area contributed by atoms with Gasteiger partial charge in [-0.3, -0.25) is 4.68 Å². The molecule has 0 bridgehead atoms. The smallest absolute Gasteiger partial charge is 0.192 e. The molecule has 6 heteroatoms. The van der Waals surface area contributed by atoms with Crippen LogP contribution in [0, 0.1) is 34.6 Å². The second kappa shape index (κ2) is 9.55. The van der Waals surface area contributed by atoms with Gasteiger partial charge in [0.1, 0.15) is 5.52 Å². The molecule has 0 saturated carbocycles. The van der Waals surface area contributed by atoms with Crippen molar-refractivity contribution in [1.29, 1.82) is 0 Å². The number of benzene rings is 3. The third kappa shape index (κ3) is 5.65. The summed E-state index contributed by atoms with van der Waals surface area (Å²) in [4.78, 5) is 8.60. The first kappa shape index (κ1) is 22.7. The number of hydrogen-bond acceptors (Lipinski definition) is 5. The summed E-state index contributed by atoms with van der Waals surface area (Å²) in [6, 6.07) is 18.7. The Hall–Kier alpha value is -3.51. The number of rotatable bonds is 0. The highest BCUT2D eigenvalue weighted by atomic mass is 32.1. The standard InChI is InChI=1S/C9H10N2.C9H9NO.C9H9NS/c1-7-3-4-8-6-11(2)10-9(8)5-7;2*1-6-3-4-9-8(5-6)10-7(2)11-9/h3-6H,1-2H3;2*3-5H,1-2H3. The van der Waals surface area contributed by atoms with Gasteiger partial charge in [0.05, 0.1) is 20.7 Å². The molecule has 6 aromatic rings. The molecule has 168 valence electrons. The fraction of sp³-hybridized carbons (Fsp3) is 0.222. The van der Waals surface area contributed by atoms with Crippen molar-refractivity contribution in [1.82, 2.24) is 19.7 Å². The molecular formula is C27H28N4OS. The van der Waals surface area contributed by atoms with Crippen LogP contribution in [0.1, 0.15) is 27.6 Å². The van der Waals surface area contributed by atoms with Gasteiger partial charge in [-0.05, 0) is 74.7 Å². The van der Waals surface area contributed by atoms with Crippen LogP contribution in [0.15, 0.2) is 65.2 Å². The first-order valence-electron chi connectivity index (χ1n) is 10.8. The zero-order chi connectivity index (χ0) is 23.5. The van der Waals surface area contributed by atoms with Crippen molar-refractivity contribution in [2.24, 2.45) is 7.05 Å². The second-order valence-electron chi connectivity index (χ2n) is 8.27.